The molecule has 1 saturated heterocycles. The molecule has 1 fully saturated rings. The van der Waals surface area contributed by atoms with E-state index in [1.54, 1.807) is 4.52 Å². The lowest BCUT2D eigenvalue weighted by molar-refractivity contribution is 0.0398. The van der Waals surface area contributed by atoms with Crippen LogP contribution in [0.1, 0.15) is 0 Å². The fraction of sp³-hybridized carbons (Fsp3) is 0.462. The molecule has 1 aliphatic rings. The highest BCUT2D eigenvalue weighted by atomic mass is 16.5. The van der Waals surface area contributed by atoms with Gasteiger partial charge in [-0.25, -0.2) is 4.52 Å². The van der Waals surface area contributed by atoms with Gasteiger partial charge >= 0.3 is 0 Å². The van der Waals surface area contributed by atoms with Gasteiger partial charge in [0.1, 0.15) is 5.69 Å². The lowest BCUT2D eigenvalue weighted by atomic mass is 10.3. The Kier molecular flexibility index (Phi) is 3.52. The summed E-state index contributed by atoms with van der Waals surface area (Å²) in [4.78, 5) is 2.38. The predicted molar refractivity (Wildman–Crippen MR) is 75.4 cm³/mol. The number of nitrogens with one attached hydrogen (secondary N) is 1. The van der Waals surface area contributed by atoms with Crippen molar-refractivity contribution < 1.29 is 4.74 Å². The molecule has 0 bridgehead atoms. The maximum atomic E-state index is 6.08. The van der Waals surface area contributed by atoms with Gasteiger partial charge in [-0.15, -0.1) is 5.10 Å². The van der Waals surface area contributed by atoms with E-state index in [0.29, 0.717) is 5.69 Å². The van der Waals surface area contributed by atoms with Crippen molar-refractivity contribution in [2.45, 2.75) is 0 Å². The number of nitrogens with zero attached hydrogens (tertiary/aromatic N) is 3. The summed E-state index contributed by atoms with van der Waals surface area (Å²) in [6, 6.07) is 5.87. The molecule has 0 amide bonds. The maximum Gasteiger partial charge on any atom is 0.172 e. The van der Waals surface area contributed by atoms with E-state index in [1.807, 2.05) is 24.4 Å². The summed E-state index contributed by atoms with van der Waals surface area (Å²) in [6.07, 6.45) is 1.90. The summed E-state index contributed by atoms with van der Waals surface area (Å²) in [6.45, 7) is 5.49. The van der Waals surface area contributed by atoms with Crippen LogP contribution in [0.3, 0.4) is 0 Å². The number of ether oxygens (including phenoxy) is 1. The first-order valence-corrected chi connectivity index (χ1v) is 6.61. The first kappa shape index (κ1) is 12.3. The molecule has 6 heteroatoms. The fourth-order valence-electron chi connectivity index (χ4n) is 2.31. The number of rotatable bonds is 4. The molecule has 2 aromatic rings. The quantitative estimate of drug-likeness (QED) is 0.846. The van der Waals surface area contributed by atoms with Gasteiger partial charge in [-0.1, -0.05) is 6.07 Å². The monoisotopic (exact) mass is 261 g/mol. The van der Waals surface area contributed by atoms with Crippen LogP contribution in [0.4, 0.5) is 11.5 Å². The van der Waals surface area contributed by atoms with Crippen molar-refractivity contribution in [2.75, 3.05) is 50.4 Å². The highest BCUT2D eigenvalue weighted by molar-refractivity contribution is 5.80. The van der Waals surface area contributed by atoms with E-state index in [2.05, 4.69) is 15.3 Å². The Labute approximate surface area is 112 Å². The van der Waals surface area contributed by atoms with Gasteiger partial charge in [0.05, 0.1) is 18.7 Å². The molecule has 0 saturated carbocycles. The first-order chi connectivity index (χ1) is 9.34. The molecule has 0 aromatic carbocycles. The van der Waals surface area contributed by atoms with Gasteiger partial charge in [-0.2, -0.15) is 0 Å². The van der Waals surface area contributed by atoms with Crippen molar-refractivity contribution in [1.82, 2.24) is 14.5 Å². The van der Waals surface area contributed by atoms with Crippen molar-refractivity contribution >= 4 is 17.0 Å². The number of aromatic nitrogens is 2. The maximum absolute atomic E-state index is 6.08. The number of morpholine rings is 1. The third kappa shape index (κ3) is 2.64. The Bertz CT molecular complexity index is 547. The number of hydrogen-bond acceptors (Lipinski definition) is 5. The molecule has 3 N–H and O–H groups in total. The van der Waals surface area contributed by atoms with Crippen molar-refractivity contribution in [3.05, 3.63) is 24.4 Å². The van der Waals surface area contributed by atoms with Gasteiger partial charge in [-0.05, 0) is 12.1 Å². The van der Waals surface area contributed by atoms with Crippen LogP contribution in [0.25, 0.3) is 5.52 Å². The van der Waals surface area contributed by atoms with Crippen LogP contribution in [-0.4, -0.2) is 53.9 Å². The second kappa shape index (κ2) is 5.46. The van der Waals surface area contributed by atoms with Gasteiger partial charge in [-0.3, -0.25) is 4.90 Å². The van der Waals surface area contributed by atoms with Crippen LogP contribution >= 0.6 is 0 Å². The van der Waals surface area contributed by atoms with Crippen molar-refractivity contribution in [2.24, 2.45) is 0 Å². The average molecular weight is 261 g/mol. The highest BCUT2D eigenvalue weighted by Gasteiger charge is 2.11. The van der Waals surface area contributed by atoms with E-state index < -0.39 is 0 Å². The molecule has 1 aliphatic heterocycles. The van der Waals surface area contributed by atoms with Gasteiger partial charge in [0.25, 0.3) is 0 Å². The van der Waals surface area contributed by atoms with E-state index >= 15 is 0 Å². The smallest absolute Gasteiger partial charge is 0.172 e. The third-order valence-electron chi connectivity index (χ3n) is 3.40. The van der Waals surface area contributed by atoms with Gasteiger partial charge in [0.2, 0.25) is 0 Å². The predicted octanol–water partition coefficient (Wildman–Crippen LogP) is 0.661. The first-order valence-electron chi connectivity index (χ1n) is 6.61. The molecule has 0 spiro atoms. The lowest BCUT2D eigenvalue weighted by Gasteiger charge is -2.26. The van der Waals surface area contributed by atoms with E-state index in [4.69, 9.17) is 10.5 Å². The Balaban J connectivity index is 1.60. The second-order valence-corrected chi connectivity index (χ2v) is 4.67. The zero-order valence-corrected chi connectivity index (χ0v) is 10.9. The Morgan fingerprint density at radius 2 is 2.16 bits per heavy atom. The lowest BCUT2D eigenvalue weighted by Crippen LogP contribution is -2.39. The van der Waals surface area contributed by atoms with Crippen LogP contribution in [0.15, 0.2) is 24.4 Å². The van der Waals surface area contributed by atoms with Gasteiger partial charge in [0, 0.05) is 32.4 Å². The van der Waals surface area contributed by atoms with E-state index in [-0.39, 0.29) is 0 Å². The normalized spacial score (nSPS) is 16.8. The van der Waals surface area contributed by atoms with Crippen LogP contribution in [0.2, 0.25) is 0 Å². The molecule has 2 aromatic heterocycles. The number of nitrogens with two attached hydrogens (primary N) is 1. The zero-order chi connectivity index (χ0) is 13.1. The molecule has 0 radical (unpaired) electrons. The van der Waals surface area contributed by atoms with Gasteiger partial charge in [0.15, 0.2) is 5.82 Å². The minimum absolute atomic E-state index is 0.711. The molecular formula is C13H19N5O. The van der Waals surface area contributed by atoms with Gasteiger partial charge < -0.3 is 15.8 Å². The molecule has 0 unspecified atom stereocenters. The van der Waals surface area contributed by atoms with E-state index in [1.165, 1.54) is 0 Å². The number of nitrogen functional groups attached to an aromatic ring is 1. The highest BCUT2D eigenvalue weighted by Crippen LogP contribution is 2.22. The fourth-order valence-corrected chi connectivity index (χ4v) is 2.31. The SMILES string of the molecule is Nc1c(NCCN2CCOCC2)nn2ccccc12. The third-order valence-corrected chi connectivity index (χ3v) is 3.40. The van der Waals surface area contributed by atoms with E-state index in [0.717, 1.165) is 50.7 Å². The molecular weight excluding hydrogens is 242 g/mol. The summed E-state index contributed by atoms with van der Waals surface area (Å²) in [5.41, 5.74) is 7.73. The topological polar surface area (TPSA) is 67.8 Å². The van der Waals surface area contributed by atoms with Crippen LogP contribution in [-0.2, 0) is 4.74 Å². The number of anilines is 2. The van der Waals surface area contributed by atoms with Crippen LogP contribution < -0.4 is 11.1 Å². The summed E-state index contributed by atoms with van der Waals surface area (Å²) in [5, 5.41) is 7.74. The molecule has 6 nitrogen and oxygen atoms in total. The molecule has 3 heterocycles. The number of fused-ring (bicyclic) bond motifs is 1. The van der Waals surface area contributed by atoms with Crippen molar-refractivity contribution in [3.8, 4) is 0 Å². The second-order valence-electron chi connectivity index (χ2n) is 4.67. The minimum Gasteiger partial charge on any atom is -0.394 e. The Morgan fingerprint density at radius 3 is 2.95 bits per heavy atom. The summed E-state index contributed by atoms with van der Waals surface area (Å²) < 4.78 is 7.12. The summed E-state index contributed by atoms with van der Waals surface area (Å²) in [7, 11) is 0. The standard InChI is InChI=1S/C13H19N5O/c14-12-11-3-1-2-5-18(11)16-13(12)15-4-6-17-7-9-19-10-8-17/h1-3,5H,4,6-10,14H2,(H,15,16). The molecule has 0 aliphatic carbocycles. The Hall–Kier alpha value is -1.79. The molecule has 19 heavy (non-hydrogen) atoms. The molecule has 3 rings (SSSR count). The molecule has 102 valence electrons. The number of pyridine rings is 1. The van der Waals surface area contributed by atoms with Crippen molar-refractivity contribution in [3.63, 3.8) is 0 Å². The van der Waals surface area contributed by atoms with E-state index in [9.17, 15) is 0 Å². The Morgan fingerprint density at radius 1 is 1.32 bits per heavy atom. The van der Waals surface area contributed by atoms with Crippen LogP contribution in [0, 0.1) is 0 Å². The average Bonchev–Trinajstić information content (AvgIpc) is 2.78. The van der Waals surface area contributed by atoms with Crippen LogP contribution in [0.5, 0.6) is 0 Å². The van der Waals surface area contributed by atoms with Crippen molar-refractivity contribution in [1.29, 1.82) is 0 Å². The minimum atomic E-state index is 0.711. The summed E-state index contributed by atoms with van der Waals surface area (Å²) >= 11 is 0. The zero-order valence-electron chi connectivity index (χ0n) is 10.9. The largest absolute Gasteiger partial charge is 0.394 e. The number of hydrogen-bond donors (Lipinski definition) is 2. The summed E-state index contributed by atoms with van der Waals surface area (Å²) in [5.74, 6) is 0.763. The molecule has 0 atom stereocenters.